The van der Waals surface area contributed by atoms with Crippen molar-refractivity contribution in [3.05, 3.63) is 41.9 Å². The summed E-state index contributed by atoms with van der Waals surface area (Å²) in [5, 5.41) is 0. The number of aromatic nitrogens is 3. The lowest BCUT2D eigenvalue weighted by Gasteiger charge is -2.09. The molecule has 0 aliphatic heterocycles. The Hall–Kier alpha value is -1.81. The van der Waals surface area contributed by atoms with Crippen LogP contribution in [0.25, 0.3) is 11.5 Å². The van der Waals surface area contributed by atoms with Gasteiger partial charge < -0.3 is 5.73 Å². The second-order valence-electron chi connectivity index (χ2n) is 4.61. The first kappa shape index (κ1) is 13.6. The summed E-state index contributed by atoms with van der Waals surface area (Å²) in [6, 6.07) is 6.08. The van der Waals surface area contributed by atoms with Gasteiger partial charge in [-0.1, -0.05) is 19.9 Å². The Morgan fingerprint density at radius 2 is 2.00 bits per heavy atom. The van der Waals surface area contributed by atoms with Gasteiger partial charge in [0.05, 0.1) is 0 Å². The molecule has 2 N–H and O–H groups in total. The van der Waals surface area contributed by atoms with Gasteiger partial charge in [-0.25, -0.2) is 9.97 Å². The number of nitrogens with zero attached hydrogens (tertiary/aromatic N) is 3. The van der Waals surface area contributed by atoms with Gasteiger partial charge in [-0.15, -0.1) is 0 Å². The van der Waals surface area contributed by atoms with Crippen molar-refractivity contribution in [1.82, 2.24) is 15.0 Å². The molecule has 0 saturated heterocycles. The fourth-order valence-corrected chi connectivity index (χ4v) is 1.96. The van der Waals surface area contributed by atoms with Crippen molar-refractivity contribution in [2.24, 2.45) is 5.73 Å². The molecule has 100 valence electrons. The molecule has 19 heavy (non-hydrogen) atoms. The SMILES string of the molecule is CCc1cccnc1-c1nccc(CC(N)CC)n1. The Balaban J connectivity index is 2.32. The Labute approximate surface area is 114 Å². The van der Waals surface area contributed by atoms with Crippen molar-refractivity contribution in [3.8, 4) is 11.5 Å². The second kappa shape index (κ2) is 6.38. The maximum Gasteiger partial charge on any atom is 0.178 e. The summed E-state index contributed by atoms with van der Waals surface area (Å²) in [5.41, 5.74) is 8.99. The van der Waals surface area contributed by atoms with Crippen LogP contribution in [0.4, 0.5) is 0 Å². The van der Waals surface area contributed by atoms with Gasteiger partial charge in [-0.2, -0.15) is 0 Å². The number of nitrogens with two attached hydrogens (primary N) is 1. The Bertz CT molecular complexity index is 539. The lowest BCUT2D eigenvalue weighted by atomic mass is 10.1. The number of pyridine rings is 1. The van der Waals surface area contributed by atoms with Gasteiger partial charge in [-0.3, -0.25) is 4.98 Å². The van der Waals surface area contributed by atoms with E-state index >= 15 is 0 Å². The Kier molecular flexibility index (Phi) is 4.58. The first-order chi connectivity index (χ1) is 9.24. The second-order valence-corrected chi connectivity index (χ2v) is 4.61. The summed E-state index contributed by atoms with van der Waals surface area (Å²) in [4.78, 5) is 13.3. The van der Waals surface area contributed by atoms with Crippen molar-refractivity contribution in [3.63, 3.8) is 0 Å². The third-order valence-electron chi connectivity index (χ3n) is 3.19. The lowest BCUT2D eigenvalue weighted by Crippen LogP contribution is -2.22. The van der Waals surface area contributed by atoms with Crippen LogP contribution >= 0.6 is 0 Å². The van der Waals surface area contributed by atoms with E-state index in [0.717, 1.165) is 30.7 Å². The van der Waals surface area contributed by atoms with Crippen LogP contribution < -0.4 is 5.73 Å². The average Bonchev–Trinajstić information content (AvgIpc) is 2.47. The van der Waals surface area contributed by atoms with Gasteiger partial charge in [0.1, 0.15) is 5.69 Å². The first-order valence-corrected chi connectivity index (χ1v) is 6.76. The molecule has 1 unspecified atom stereocenters. The van der Waals surface area contributed by atoms with Crippen LogP contribution in [-0.4, -0.2) is 21.0 Å². The van der Waals surface area contributed by atoms with Crippen LogP contribution in [-0.2, 0) is 12.8 Å². The van der Waals surface area contributed by atoms with Crippen LogP contribution in [0.1, 0.15) is 31.5 Å². The fourth-order valence-electron chi connectivity index (χ4n) is 1.96. The monoisotopic (exact) mass is 256 g/mol. The van der Waals surface area contributed by atoms with E-state index in [1.165, 1.54) is 5.56 Å². The van der Waals surface area contributed by atoms with E-state index in [-0.39, 0.29) is 6.04 Å². The van der Waals surface area contributed by atoms with Gasteiger partial charge in [0.15, 0.2) is 5.82 Å². The average molecular weight is 256 g/mol. The first-order valence-electron chi connectivity index (χ1n) is 6.76. The molecule has 0 fully saturated rings. The fraction of sp³-hybridized carbons (Fsp3) is 0.400. The molecule has 4 heteroatoms. The highest BCUT2D eigenvalue weighted by Gasteiger charge is 2.09. The summed E-state index contributed by atoms with van der Waals surface area (Å²) in [6.07, 6.45) is 6.21. The summed E-state index contributed by atoms with van der Waals surface area (Å²) < 4.78 is 0. The molecule has 2 rings (SSSR count). The zero-order valence-electron chi connectivity index (χ0n) is 11.5. The van der Waals surface area contributed by atoms with Crippen molar-refractivity contribution < 1.29 is 0 Å². The van der Waals surface area contributed by atoms with Crippen molar-refractivity contribution in [2.75, 3.05) is 0 Å². The van der Waals surface area contributed by atoms with Gasteiger partial charge in [0, 0.05) is 30.6 Å². The maximum absolute atomic E-state index is 5.97. The third-order valence-corrected chi connectivity index (χ3v) is 3.19. The molecule has 2 aromatic rings. The molecule has 2 heterocycles. The van der Waals surface area contributed by atoms with Crippen LogP contribution in [0.3, 0.4) is 0 Å². The van der Waals surface area contributed by atoms with Gasteiger partial charge in [0.2, 0.25) is 0 Å². The molecule has 0 spiro atoms. The normalized spacial score (nSPS) is 12.4. The van der Waals surface area contributed by atoms with Crippen LogP contribution in [0, 0.1) is 0 Å². The van der Waals surface area contributed by atoms with Gasteiger partial charge >= 0.3 is 0 Å². The van der Waals surface area contributed by atoms with E-state index in [4.69, 9.17) is 5.73 Å². The molecule has 0 radical (unpaired) electrons. The molecule has 0 bridgehead atoms. The van der Waals surface area contributed by atoms with Gasteiger partial charge in [-0.05, 0) is 30.5 Å². The predicted molar refractivity (Wildman–Crippen MR) is 76.6 cm³/mol. The smallest absolute Gasteiger partial charge is 0.178 e. The third kappa shape index (κ3) is 3.35. The summed E-state index contributed by atoms with van der Waals surface area (Å²) in [6.45, 7) is 4.19. The molecule has 0 saturated carbocycles. The van der Waals surface area contributed by atoms with Crippen LogP contribution in [0.2, 0.25) is 0 Å². The molecular formula is C15H20N4. The maximum atomic E-state index is 5.97. The summed E-state index contributed by atoms with van der Waals surface area (Å²) in [7, 11) is 0. The van der Waals surface area contributed by atoms with Crippen molar-refractivity contribution in [2.45, 2.75) is 39.2 Å². The minimum absolute atomic E-state index is 0.150. The molecule has 0 aliphatic rings. The molecule has 1 atom stereocenters. The van der Waals surface area contributed by atoms with Gasteiger partial charge in [0.25, 0.3) is 0 Å². The van der Waals surface area contributed by atoms with Crippen molar-refractivity contribution >= 4 is 0 Å². The van der Waals surface area contributed by atoms with Crippen LogP contribution in [0.5, 0.6) is 0 Å². The minimum atomic E-state index is 0.150. The van der Waals surface area contributed by atoms with E-state index in [1.807, 2.05) is 12.1 Å². The number of rotatable bonds is 5. The van der Waals surface area contributed by atoms with E-state index in [0.29, 0.717) is 5.82 Å². The standard InChI is InChI=1S/C15H20N4/c1-3-11-6-5-8-17-14(11)15-18-9-7-13(19-15)10-12(16)4-2/h5-9,12H,3-4,10,16H2,1-2H3. The van der Waals surface area contributed by atoms with E-state index in [2.05, 4.69) is 34.9 Å². The highest BCUT2D eigenvalue weighted by Crippen LogP contribution is 2.17. The topological polar surface area (TPSA) is 64.7 Å². The molecule has 2 aromatic heterocycles. The van der Waals surface area contributed by atoms with Crippen LogP contribution in [0.15, 0.2) is 30.6 Å². The number of hydrogen-bond donors (Lipinski definition) is 1. The molecule has 4 nitrogen and oxygen atoms in total. The largest absolute Gasteiger partial charge is 0.327 e. The quantitative estimate of drug-likeness (QED) is 0.892. The highest BCUT2D eigenvalue weighted by atomic mass is 14.9. The zero-order chi connectivity index (χ0) is 13.7. The summed E-state index contributed by atoms with van der Waals surface area (Å²) in [5.74, 6) is 0.693. The molecule has 0 aromatic carbocycles. The zero-order valence-corrected chi connectivity index (χ0v) is 11.5. The molecular weight excluding hydrogens is 236 g/mol. The summed E-state index contributed by atoms with van der Waals surface area (Å²) >= 11 is 0. The van der Waals surface area contributed by atoms with E-state index < -0.39 is 0 Å². The van der Waals surface area contributed by atoms with Crippen molar-refractivity contribution in [1.29, 1.82) is 0 Å². The molecule has 0 aliphatic carbocycles. The lowest BCUT2D eigenvalue weighted by molar-refractivity contribution is 0.636. The molecule has 0 amide bonds. The number of hydrogen-bond acceptors (Lipinski definition) is 4. The predicted octanol–water partition coefficient (Wildman–Crippen LogP) is 2.38. The van der Waals surface area contributed by atoms with E-state index in [1.54, 1.807) is 12.4 Å². The minimum Gasteiger partial charge on any atom is -0.327 e. The Morgan fingerprint density at radius 1 is 1.16 bits per heavy atom. The Morgan fingerprint density at radius 3 is 2.74 bits per heavy atom. The number of aryl methyl sites for hydroxylation is 1. The van der Waals surface area contributed by atoms with E-state index in [9.17, 15) is 0 Å². The highest BCUT2D eigenvalue weighted by molar-refractivity contribution is 5.54.